The third-order valence-electron chi connectivity index (χ3n) is 4.47. The maximum absolute atomic E-state index is 5.96. The number of piperidine rings is 2. The molecule has 0 bridgehead atoms. The van der Waals surface area contributed by atoms with E-state index in [9.17, 15) is 0 Å². The van der Waals surface area contributed by atoms with E-state index >= 15 is 0 Å². The third kappa shape index (κ3) is 3.55. The van der Waals surface area contributed by atoms with E-state index in [1.807, 2.05) is 0 Å². The number of rotatable bonds is 3. The van der Waals surface area contributed by atoms with Gasteiger partial charge in [-0.05, 0) is 50.4 Å². The first-order valence-electron chi connectivity index (χ1n) is 7.84. The van der Waals surface area contributed by atoms with Gasteiger partial charge in [0.15, 0.2) is 0 Å². The van der Waals surface area contributed by atoms with Gasteiger partial charge in [-0.3, -0.25) is 0 Å². The van der Waals surface area contributed by atoms with Crippen molar-refractivity contribution in [1.82, 2.24) is 19.9 Å². The maximum Gasteiger partial charge on any atom is 0.231 e. The van der Waals surface area contributed by atoms with Gasteiger partial charge in [-0.2, -0.15) is 15.0 Å². The Hall–Kier alpha value is -1.14. The van der Waals surface area contributed by atoms with Crippen molar-refractivity contribution in [2.45, 2.75) is 38.1 Å². The van der Waals surface area contributed by atoms with E-state index in [0.717, 1.165) is 19.1 Å². The molecule has 21 heavy (non-hydrogen) atoms. The van der Waals surface area contributed by atoms with Crippen LogP contribution in [0.4, 0.5) is 11.9 Å². The zero-order valence-electron chi connectivity index (χ0n) is 12.6. The molecule has 0 radical (unpaired) electrons. The van der Waals surface area contributed by atoms with Crippen molar-refractivity contribution < 1.29 is 0 Å². The highest BCUT2D eigenvalue weighted by Gasteiger charge is 2.26. The number of halogens is 1. The molecule has 1 aromatic heterocycles. The molecule has 7 heteroatoms. The number of hydrogen-bond donors (Lipinski definition) is 1. The van der Waals surface area contributed by atoms with Crippen LogP contribution < -0.4 is 10.2 Å². The van der Waals surface area contributed by atoms with Crippen molar-refractivity contribution in [3.63, 3.8) is 0 Å². The average molecular weight is 311 g/mol. The summed E-state index contributed by atoms with van der Waals surface area (Å²) in [7, 11) is 1.79. The summed E-state index contributed by atoms with van der Waals surface area (Å²) >= 11 is 5.96. The highest BCUT2D eigenvalue weighted by Crippen LogP contribution is 2.23. The van der Waals surface area contributed by atoms with Crippen LogP contribution in [0.3, 0.4) is 0 Å². The number of likely N-dealkylation sites (tertiary alicyclic amines) is 1. The fourth-order valence-electron chi connectivity index (χ4n) is 3.31. The minimum absolute atomic E-state index is 0.252. The van der Waals surface area contributed by atoms with E-state index in [2.05, 4.69) is 30.1 Å². The van der Waals surface area contributed by atoms with Crippen LogP contribution in [0.5, 0.6) is 0 Å². The number of aromatic nitrogens is 3. The molecule has 1 N–H and O–H groups in total. The second kappa shape index (κ2) is 6.75. The number of anilines is 2. The topological polar surface area (TPSA) is 57.2 Å². The first-order valence-corrected chi connectivity index (χ1v) is 8.22. The SMILES string of the molecule is CNc1nc(Cl)nc(N2CCC(N3CCCCC3)CC2)n1. The van der Waals surface area contributed by atoms with Gasteiger partial charge in [0.1, 0.15) is 0 Å². The molecule has 2 aliphatic rings. The quantitative estimate of drug-likeness (QED) is 0.922. The van der Waals surface area contributed by atoms with Crippen LogP contribution >= 0.6 is 11.6 Å². The lowest BCUT2D eigenvalue weighted by Crippen LogP contribution is -2.47. The lowest BCUT2D eigenvalue weighted by atomic mass is 10.0. The summed E-state index contributed by atoms with van der Waals surface area (Å²) in [5, 5.41) is 3.18. The Morgan fingerprint density at radius 3 is 2.38 bits per heavy atom. The molecule has 3 heterocycles. The van der Waals surface area contributed by atoms with E-state index in [1.54, 1.807) is 7.05 Å². The van der Waals surface area contributed by atoms with Crippen molar-refractivity contribution in [3.05, 3.63) is 5.28 Å². The summed E-state index contributed by atoms with van der Waals surface area (Å²) < 4.78 is 0. The smallest absolute Gasteiger partial charge is 0.231 e. The van der Waals surface area contributed by atoms with E-state index in [4.69, 9.17) is 11.6 Å². The van der Waals surface area contributed by atoms with Crippen LogP contribution in [-0.4, -0.2) is 59.1 Å². The van der Waals surface area contributed by atoms with E-state index < -0.39 is 0 Å². The molecule has 0 amide bonds. The Morgan fingerprint density at radius 1 is 1.00 bits per heavy atom. The maximum atomic E-state index is 5.96. The fraction of sp³-hybridized carbons (Fsp3) is 0.786. The standard InChI is InChI=1S/C14H23ClN6/c1-16-13-17-12(15)18-14(19-13)21-9-5-11(6-10-21)20-7-3-2-4-8-20/h11H,2-10H2,1H3,(H,16,17,18,19). The zero-order valence-corrected chi connectivity index (χ0v) is 13.3. The molecule has 2 aliphatic heterocycles. The molecule has 0 unspecified atom stereocenters. The van der Waals surface area contributed by atoms with Crippen LogP contribution in [0.15, 0.2) is 0 Å². The van der Waals surface area contributed by atoms with Crippen LogP contribution in [0.1, 0.15) is 32.1 Å². The van der Waals surface area contributed by atoms with Gasteiger partial charge in [0.25, 0.3) is 0 Å². The molecule has 0 aromatic carbocycles. The average Bonchev–Trinajstić information content (AvgIpc) is 2.55. The molecule has 116 valence electrons. The summed E-state index contributed by atoms with van der Waals surface area (Å²) in [6, 6.07) is 0.725. The fourth-order valence-corrected chi connectivity index (χ4v) is 3.46. The van der Waals surface area contributed by atoms with Crippen LogP contribution in [0, 0.1) is 0 Å². The molecule has 0 spiro atoms. The lowest BCUT2D eigenvalue weighted by Gasteiger charge is -2.40. The van der Waals surface area contributed by atoms with Crippen molar-refractivity contribution in [2.75, 3.05) is 43.4 Å². The summed E-state index contributed by atoms with van der Waals surface area (Å²) in [6.45, 7) is 4.52. The Morgan fingerprint density at radius 2 is 1.71 bits per heavy atom. The van der Waals surface area contributed by atoms with Crippen molar-refractivity contribution >= 4 is 23.5 Å². The molecular weight excluding hydrogens is 288 g/mol. The highest BCUT2D eigenvalue weighted by atomic mass is 35.5. The second-order valence-electron chi connectivity index (χ2n) is 5.79. The van der Waals surface area contributed by atoms with Gasteiger partial charge in [0.05, 0.1) is 0 Å². The monoisotopic (exact) mass is 310 g/mol. The molecule has 3 rings (SSSR count). The Labute approximate surface area is 130 Å². The van der Waals surface area contributed by atoms with Crippen molar-refractivity contribution in [2.24, 2.45) is 0 Å². The Balaban J connectivity index is 1.61. The van der Waals surface area contributed by atoms with Gasteiger partial charge in [-0.25, -0.2) is 0 Å². The minimum Gasteiger partial charge on any atom is -0.357 e. The molecule has 0 aliphatic carbocycles. The second-order valence-corrected chi connectivity index (χ2v) is 6.13. The highest BCUT2D eigenvalue weighted by molar-refractivity contribution is 6.28. The normalized spacial score (nSPS) is 21.5. The van der Waals surface area contributed by atoms with Gasteiger partial charge >= 0.3 is 0 Å². The van der Waals surface area contributed by atoms with Crippen LogP contribution in [0.25, 0.3) is 0 Å². The first-order chi connectivity index (χ1) is 10.3. The zero-order chi connectivity index (χ0) is 14.7. The van der Waals surface area contributed by atoms with E-state index in [0.29, 0.717) is 11.9 Å². The molecule has 0 saturated carbocycles. The number of hydrogen-bond acceptors (Lipinski definition) is 6. The predicted octanol–water partition coefficient (Wildman–Crippen LogP) is 2.02. The van der Waals surface area contributed by atoms with Gasteiger partial charge in [-0.15, -0.1) is 0 Å². The largest absolute Gasteiger partial charge is 0.357 e. The third-order valence-corrected chi connectivity index (χ3v) is 4.64. The van der Waals surface area contributed by atoms with Gasteiger partial charge < -0.3 is 15.1 Å². The molecule has 6 nitrogen and oxygen atoms in total. The summed E-state index contributed by atoms with van der Waals surface area (Å²) in [6.07, 6.45) is 6.46. The molecule has 0 atom stereocenters. The van der Waals surface area contributed by atoms with Gasteiger partial charge in [0, 0.05) is 26.2 Å². The summed E-state index contributed by atoms with van der Waals surface area (Å²) in [5.41, 5.74) is 0. The van der Waals surface area contributed by atoms with Crippen molar-refractivity contribution in [3.8, 4) is 0 Å². The van der Waals surface area contributed by atoms with Gasteiger partial charge in [-0.1, -0.05) is 6.42 Å². The summed E-state index contributed by atoms with van der Waals surface area (Å²) in [5.74, 6) is 1.22. The molecule has 2 saturated heterocycles. The number of nitrogens with zero attached hydrogens (tertiary/aromatic N) is 5. The molecule has 1 aromatic rings. The lowest BCUT2D eigenvalue weighted by molar-refractivity contribution is 0.141. The van der Waals surface area contributed by atoms with Crippen LogP contribution in [0.2, 0.25) is 5.28 Å². The van der Waals surface area contributed by atoms with Crippen LogP contribution in [-0.2, 0) is 0 Å². The van der Waals surface area contributed by atoms with Crippen molar-refractivity contribution in [1.29, 1.82) is 0 Å². The molecule has 2 fully saturated rings. The molecular formula is C14H23ClN6. The Bertz CT molecular complexity index is 469. The van der Waals surface area contributed by atoms with E-state index in [1.165, 1.54) is 45.2 Å². The minimum atomic E-state index is 0.252. The van der Waals surface area contributed by atoms with Gasteiger partial charge in [0.2, 0.25) is 17.2 Å². The number of nitrogens with one attached hydrogen (secondary N) is 1. The first kappa shape index (κ1) is 14.8. The van der Waals surface area contributed by atoms with E-state index in [-0.39, 0.29) is 5.28 Å². The Kier molecular flexibility index (Phi) is 4.75. The summed E-state index contributed by atoms with van der Waals surface area (Å²) in [4.78, 5) is 17.6. The predicted molar refractivity (Wildman–Crippen MR) is 85.0 cm³/mol.